The minimum Gasteiger partial charge on any atom is -0.294 e. The third-order valence-electron chi connectivity index (χ3n) is 4.55. The molecular formula is C19H16O. The molecule has 0 saturated carbocycles. The van der Waals surface area contributed by atoms with E-state index in [0.29, 0.717) is 11.7 Å². The number of allylic oxidation sites excluding steroid dienone is 14. The first kappa shape index (κ1) is 11.7. The van der Waals surface area contributed by atoms with Crippen molar-refractivity contribution in [3.63, 3.8) is 0 Å². The van der Waals surface area contributed by atoms with Gasteiger partial charge in [0.15, 0.2) is 5.78 Å². The van der Waals surface area contributed by atoms with Gasteiger partial charge in [-0.3, -0.25) is 4.79 Å². The van der Waals surface area contributed by atoms with Gasteiger partial charge in [0.1, 0.15) is 0 Å². The predicted molar refractivity (Wildman–Crippen MR) is 80.8 cm³/mol. The summed E-state index contributed by atoms with van der Waals surface area (Å²) in [5.74, 6) is 1.11. The fraction of sp³-hybridized carbons (Fsp3) is 0.211. The molecule has 1 heteroatoms. The maximum atomic E-state index is 12.7. The number of Topliss-reactive ketones (excluding diaryl/α,β-unsaturated/α-hetero) is 1. The molecule has 1 nitrogen and oxygen atoms in total. The average molecular weight is 260 g/mol. The molecule has 0 aromatic carbocycles. The average Bonchev–Trinajstić information content (AvgIpc) is 3.19. The number of hydrogen-bond donors (Lipinski definition) is 0. The van der Waals surface area contributed by atoms with Gasteiger partial charge >= 0.3 is 0 Å². The van der Waals surface area contributed by atoms with Crippen LogP contribution in [0.25, 0.3) is 0 Å². The van der Waals surface area contributed by atoms with Crippen molar-refractivity contribution in [1.82, 2.24) is 0 Å². The van der Waals surface area contributed by atoms with Crippen molar-refractivity contribution < 1.29 is 4.79 Å². The molecule has 0 aromatic heterocycles. The lowest BCUT2D eigenvalue weighted by atomic mass is 9.62. The summed E-state index contributed by atoms with van der Waals surface area (Å²) < 4.78 is 0. The van der Waals surface area contributed by atoms with E-state index in [-0.39, 0.29) is 17.8 Å². The number of ketones is 1. The first-order valence-electron chi connectivity index (χ1n) is 7.19. The van der Waals surface area contributed by atoms with Crippen LogP contribution in [-0.4, -0.2) is 5.78 Å². The second-order valence-electron chi connectivity index (χ2n) is 5.65. The Morgan fingerprint density at radius 2 is 1.15 bits per heavy atom. The van der Waals surface area contributed by atoms with Crippen LogP contribution >= 0.6 is 0 Å². The van der Waals surface area contributed by atoms with Crippen molar-refractivity contribution in [3.8, 4) is 0 Å². The third-order valence-corrected chi connectivity index (χ3v) is 4.55. The van der Waals surface area contributed by atoms with Gasteiger partial charge in [0.05, 0.1) is 5.92 Å². The third kappa shape index (κ3) is 1.59. The first-order chi connectivity index (χ1) is 9.86. The highest BCUT2D eigenvalue weighted by Crippen LogP contribution is 2.48. The smallest absolute Gasteiger partial charge is 0.167 e. The van der Waals surface area contributed by atoms with E-state index in [2.05, 4.69) is 48.6 Å². The molecule has 4 aliphatic carbocycles. The Balaban J connectivity index is 1.76. The van der Waals surface area contributed by atoms with Gasteiger partial charge in [-0.2, -0.15) is 0 Å². The van der Waals surface area contributed by atoms with Gasteiger partial charge in [0.2, 0.25) is 0 Å². The Morgan fingerprint density at radius 3 is 1.75 bits per heavy atom. The Labute approximate surface area is 119 Å². The van der Waals surface area contributed by atoms with Gasteiger partial charge in [0.25, 0.3) is 0 Å². The van der Waals surface area contributed by atoms with E-state index in [9.17, 15) is 4.79 Å². The Morgan fingerprint density at radius 1 is 0.650 bits per heavy atom. The standard InChI is InChI=1S/C19H16O/c20-19-17(14-9-3-4-10-14)16(13-7-1-2-8-13)18(19)15-11-5-6-12-15/h1-15,17H. The maximum absolute atomic E-state index is 12.7. The summed E-state index contributed by atoms with van der Waals surface area (Å²) >= 11 is 0. The van der Waals surface area contributed by atoms with Gasteiger partial charge < -0.3 is 0 Å². The molecule has 98 valence electrons. The van der Waals surface area contributed by atoms with Crippen LogP contribution in [0.2, 0.25) is 0 Å². The van der Waals surface area contributed by atoms with E-state index in [1.165, 1.54) is 5.57 Å². The molecule has 0 heterocycles. The maximum Gasteiger partial charge on any atom is 0.167 e. The lowest BCUT2D eigenvalue weighted by Crippen LogP contribution is -2.40. The molecule has 0 aromatic rings. The van der Waals surface area contributed by atoms with Crippen molar-refractivity contribution in [1.29, 1.82) is 0 Å². The molecule has 0 radical (unpaired) electrons. The molecule has 0 spiro atoms. The Bertz CT molecular complexity index is 628. The summed E-state index contributed by atoms with van der Waals surface area (Å²) in [5, 5.41) is 0. The molecule has 0 N–H and O–H groups in total. The van der Waals surface area contributed by atoms with Crippen molar-refractivity contribution >= 4 is 5.78 Å². The van der Waals surface area contributed by atoms with Crippen LogP contribution in [0.4, 0.5) is 0 Å². The van der Waals surface area contributed by atoms with Crippen molar-refractivity contribution in [2.45, 2.75) is 0 Å². The highest BCUT2D eigenvalue weighted by atomic mass is 16.1. The molecule has 20 heavy (non-hydrogen) atoms. The molecule has 4 rings (SSSR count). The monoisotopic (exact) mass is 260 g/mol. The van der Waals surface area contributed by atoms with Crippen LogP contribution in [0.5, 0.6) is 0 Å². The molecule has 0 bridgehead atoms. The summed E-state index contributed by atoms with van der Waals surface area (Å²) in [6.45, 7) is 0. The van der Waals surface area contributed by atoms with Gasteiger partial charge in [-0.05, 0) is 5.57 Å². The summed E-state index contributed by atoms with van der Waals surface area (Å²) in [6, 6.07) is 0. The van der Waals surface area contributed by atoms with E-state index in [0.717, 1.165) is 5.57 Å². The molecule has 0 aliphatic heterocycles. The van der Waals surface area contributed by atoms with E-state index < -0.39 is 0 Å². The minimum atomic E-state index is 0.0415. The Kier molecular flexibility index (Phi) is 2.59. The molecule has 0 fully saturated rings. The van der Waals surface area contributed by atoms with Crippen LogP contribution in [-0.2, 0) is 4.79 Å². The van der Waals surface area contributed by atoms with Crippen LogP contribution in [0.15, 0.2) is 84.1 Å². The molecular weight excluding hydrogens is 244 g/mol. The van der Waals surface area contributed by atoms with E-state index in [1.54, 1.807) is 0 Å². The number of rotatable bonds is 3. The van der Waals surface area contributed by atoms with E-state index in [1.807, 2.05) is 24.3 Å². The predicted octanol–water partition coefficient (Wildman–Crippen LogP) is 3.71. The Hall–Kier alpha value is -2.15. The quantitative estimate of drug-likeness (QED) is 0.756. The van der Waals surface area contributed by atoms with E-state index in [4.69, 9.17) is 0 Å². The van der Waals surface area contributed by atoms with Crippen molar-refractivity contribution in [3.05, 3.63) is 84.1 Å². The van der Waals surface area contributed by atoms with E-state index >= 15 is 0 Å². The zero-order valence-corrected chi connectivity index (χ0v) is 11.1. The highest BCUT2D eigenvalue weighted by molar-refractivity contribution is 6.08. The first-order valence-corrected chi connectivity index (χ1v) is 7.19. The van der Waals surface area contributed by atoms with Crippen LogP contribution in [0.3, 0.4) is 0 Å². The van der Waals surface area contributed by atoms with Gasteiger partial charge in [-0.1, -0.05) is 72.9 Å². The SMILES string of the molecule is O=C1C(C2C=CC=C2)=C(C2C=CC=C2)C1C1C=CC=C1. The second-order valence-corrected chi connectivity index (χ2v) is 5.65. The van der Waals surface area contributed by atoms with Crippen LogP contribution in [0.1, 0.15) is 0 Å². The summed E-state index contributed by atoms with van der Waals surface area (Å²) in [4.78, 5) is 12.7. The van der Waals surface area contributed by atoms with Gasteiger partial charge in [-0.25, -0.2) is 0 Å². The minimum absolute atomic E-state index is 0.0415. The summed E-state index contributed by atoms with van der Waals surface area (Å²) in [7, 11) is 0. The molecule has 1 atom stereocenters. The molecule has 0 saturated heterocycles. The molecule has 4 aliphatic rings. The zero-order chi connectivity index (χ0) is 13.5. The molecule has 1 unspecified atom stereocenters. The summed E-state index contributed by atoms with van der Waals surface area (Å²) in [6.07, 6.45) is 25.2. The largest absolute Gasteiger partial charge is 0.294 e. The lowest BCUT2D eigenvalue weighted by molar-refractivity contribution is -0.121. The lowest BCUT2D eigenvalue weighted by Gasteiger charge is -2.39. The highest BCUT2D eigenvalue weighted by Gasteiger charge is 2.46. The van der Waals surface area contributed by atoms with Crippen molar-refractivity contribution in [2.75, 3.05) is 0 Å². The summed E-state index contributed by atoms with van der Waals surface area (Å²) in [5.41, 5.74) is 2.34. The number of carbonyl (C=O) groups is 1. The van der Waals surface area contributed by atoms with Crippen LogP contribution < -0.4 is 0 Å². The van der Waals surface area contributed by atoms with Gasteiger partial charge in [0, 0.05) is 23.3 Å². The fourth-order valence-electron chi connectivity index (χ4n) is 3.60. The number of hydrogen-bond acceptors (Lipinski definition) is 1. The molecule has 0 amide bonds. The zero-order valence-electron chi connectivity index (χ0n) is 11.1. The fourth-order valence-corrected chi connectivity index (χ4v) is 3.60. The topological polar surface area (TPSA) is 17.1 Å². The second kappa shape index (κ2) is 4.45. The number of carbonyl (C=O) groups excluding carboxylic acids is 1. The normalized spacial score (nSPS) is 28.6. The van der Waals surface area contributed by atoms with Gasteiger partial charge in [-0.15, -0.1) is 0 Å². The van der Waals surface area contributed by atoms with Crippen LogP contribution in [0, 0.1) is 23.7 Å². The van der Waals surface area contributed by atoms with Crippen molar-refractivity contribution in [2.24, 2.45) is 23.7 Å².